The molecule has 0 atom stereocenters. The van der Waals surface area contributed by atoms with Gasteiger partial charge in [0.15, 0.2) is 0 Å². The number of carbonyl (C=O) groups excluding carboxylic acids is 1. The van der Waals surface area contributed by atoms with Gasteiger partial charge in [0.1, 0.15) is 0 Å². The van der Waals surface area contributed by atoms with Crippen molar-refractivity contribution in [1.29, 1.82) is 0 Å². The summed E-state index contributed by atoms with van der Waals surface area (Å²) in [7, 11) is 1.60. The lowest BCUT2D eigenvalue weighted by atomic mass is 10.1. The normalized spacial score (nSPS) is 10.1. The fourth-order valence-corrected chi connectivity index (χ4v) is 1.93. The summed E-state index contributed by atoms with van der Waals surface area (Å²) in [6, 6.07) is 12.9. The Morgan fingerprint density at radius 3 is 2.57 bits per heavy atom. The first kappa shape index (κ1) is 15.0. The molecule has 0 radical (unpaired) electrons. The highest BCUT2D eigenvalue weighted by atomic mass is 16.5. The number of aryl methyl sites for hydroxylation is 1. The molecule has 1 heterocycles. The first-order valence-corrected chi connectivity index (χ1v) is 7.00. The summed E-state index contributed by atoms with van der Waals surface area (Å²) in [5.74, 6) is 0.359. The van der Waals surface area contributed by atoms with E-state index >= 15 is 0 Å². The molecule has 0 amide bonds. The fraction of sp³-hybridized carbons (Fsp3) is 0.294. The molecule has 0 bridgehead atoms. The van der Waals surface area contributed by atoms with Crippen LogP contribution in [0.1, 0.15) is 28.8 Å². The van der Waals surface area contributed by atoms with Crippen LogP contribution in [0.2, 0.25) is 0 Å². The summed E-state index contributed by atoms with van der Waals surface area (Å²) in [4.78, 5) is 15.9. The van der Waals surface area contributed by atoms with E-state index in [9.17, 15) is 4.79 Å². The van der Waals surface area contributed by atoms with Gasteiger partial charge in [0, 0.05) is 12.3 Å². The van der Waals surface area contributed by atoms with Gasteiger partial charge in [-0.05, 0) is 37.0 Å². The van der Waals surface area contributed by atoms with Crippen LogP contribution >= 0.6 is 0 Å². The van der Waals surface area contributed by atoms with Crippen molar-refractivity contribution in [3.8, 4) is 5.88 Å². The standard InChI is InChI=1S/C17H19NO3/c1-20-16-11-10-14(13-18-16)7-5-6-12-21-17(19)15-8-3-2-4-9-15/h2-4,8-11,13H,5-7,12H2,1H3. The summed E-state index contributed by atoms with van der Waals surface area (Å²) in [5.41, 5.74) is 1.75. The van der Waals surface area contributed by atoms with Gasteiger partial charge in [-0.2, -0.15) is 0 Å². The Bertz CT molecular complexity index is 552. The molecule has 0 saturated carbocycles. The minimum atomic E-state index is -0.262. The van der Waals surface area contributed by atoms with Gasteiger partial charge in [-0.1, -0.05) is 24.3 Å². The van der Waals surface area contributed by atoms with Crippen LogP contribution in [-0.4, -0.2) is 24.7 Å². The maximum atomic E-state index is 11.7. The third kappa shape index (κ3) is 4.91. The minimum Gasteiger partial charge on any atom is -0.481 e. The third-order valence-corrected chi connectivity index (χ3v) is 3.11. The van der Waals surface area contributed by atoms with Crippen molar-refractivity contribution in [2.24, 2.45) is 0 Å². The highest BCUT2D eigenvalue weighted by Gasteiger charge is 2.05. The first-order valence-electron chi connectivity index (χ1n) is 7.00. The topological polar surface area (TPSA) is 48.4 Å². The molecule has 0 aliphatic carbocycles. The molecule has 0 unspecified atom stereocenters. The molecular formula is C17H19NO3. The van der Waals surface area contributed by atoms with E-state index in [-0.39, 0.29) is 5.97 Å². The lowest BCUT2D eigenvalue weighted by Gasteiger charge is -2.05. The second kappa shape index (κ2) is 8.04. The smallest absolute Gasteiger partial charge is 0.338 e. The lowest BCUT2D eigenvalue weighted by Crippen LogP contribution is -2.06. The van der Waals surface area contributed by atoms with E-state index in [1.807, 2.05) is 36.5 Å². The number of hydrogen-bond donors (Lipinski definition) is 0. The molecule has 0 spiro atoms. The van der Waals surface area contributed by atoms with Crippen LogP contribution in [0.4, 0.5) is 0 Å². The zero-order valence-electron chi connectivity index (χ0n) is 12.1. The van der Waals surface area contributed by atoms with Gasteiger partial charge in [0.05, 0.1) is 19.3 Å². The van der Waals surface area contributed by atoms with Crippen LogP contribution < -0.4 is 4.74 Å². The highest BCUT2D eigenvalue weighted by Crippen LogP contribution is 2.09. The molecule has 4 heteroatoms. The molecule has 0 aliphatic rings. The summed E-state index contributed by atoms with van der Waals surface area (Å²) >= 11 is 0. The summed E-state index contributed by atoms with van der Waals surface area (Å²) in [5, 5.41) is 0. The minimum absolute atomic E-state index is 0.262. The van der Waals surface area contributed by atoms with Crippen molar-refractivity contribution in [2.45, 2.75) is 19.3 Å². The average Bonchev–Trinajstić information content (AvgIpc) is 2.55. The van der Waals surface area contributed by atoms with Crippen LogP contribution in [0, 0.1) is 0 Å². The Balaban J connectivity index is 1.64. The molecule has 0 N–H and O–H groups in total. The van der Waals surface area contributed by atoms with E-state index in [1.165, 1.54) is 0 Å². The average molecular weight is 285 g/mol. The van der Waals surface area contributed by atoms with Gasteiger partial charge < -0.3 is 9.47 Å². The summed E-state index contributed by atoms with van der Waals surface area (Å²) < 4.78 is 10.2. The number of nitrogens with zero attached hydrogens (tertiary/aromatic N) is 1. The number of benzene rings is 1. The number of unbranched alkanes of at least 4 members (excludes halogenated alkanes) is 1. The van der Waals surface area contributed by atoms with Gasteiger partial charge in [-0.15, -0.1) is 0 Å². The molecule has 2 rings (SSSR count). The van der Waals surface area contributed by atoms with Gasteiger partial charge in [-0.3, -0.25) is 0 Å². The number of hydrogen-bond acceptors (Lipinski definition) is 4. The number of carbonyl (C=O) groups is 1. The number of esters is 1. The molecule has 0 fully saturated rings. The number of pyridine rings is 1. The maximum Gasteiger partial charge on any atom is 0.338 e. The fourth-order valence-electron chi connectivity index (χ4n) is 1.93. The van der Waals surface area contributed by atoms with Gasteiger partial charge in [-0.25, -0.2) is 9.78 Å². The van der Waals surface area contributed by atoms with Crippen LogP contribution in [-0.2, 0) is 11.2 Å². The van der Waals surface area contributed by atoms with E-state index in [2.05, 4.69) is 4.98 Å². The number of aromatic nitrogens is 1. The van der Waals surface area contributed by atoms with Gasteiger partial charge >= 0.3 is 5.97 Å². The van der Waals surface area contributed by atoms with Crippen molar-refractivity contribution in [3.63, 3.8) is 0 Å². The monoisotopic (exact) mass is 285 g/mol. The van der Waals surface area contributed by atoms with E-state index in [4.69, 9.17) is 9.47 Å². The predicted molar refractivity (Wildman–Crippen MR) is 80.5 cm³/mol. The molecule has 0 aliphatic heterocycles. The van der Waals surface area contributed by atoms with Crippen molar-refractivity contribution in [3.05, 3.63) is 59.8 Å². The van der Waals surface area contributed by atoms with Gasteiger partial charge in [0.2, 0.25) is 5.88 Å². The number of rotatable bonds is 7. The second-order valence-corrected chi connectivity index (χ2v) is 4.67. The zero-order valence-corrected chi connectivity index (χ0v) is 12.1. The number of methoxy groups -OCH3 is 1. The molecule has 4 nitrogen and oxygen atoms in total. The Labute approximate surface area is 124 Å². The van der Waals surface area contributed by atoms with Gasteiger partial charge in [0.25, 0.3) is 0 Å². The van der Waals surface area contributed by atoms with Crippen molar-refractivity contribution >= 4 is 5.97 Å². The van der Waals surface area contributed by atoms with Crippen LogP contribution in [0.5, 0.6) is 5.88 Å². The molecule has 1 aromatic carbocycles. The van der Waals surface area contributed by atoms with Crippen molar-refractivity contribution in [2.75, 3.05) is 13.7 Å². The number of ether oxygens (including phenoxy) is 2. The van der Waals surface area contributed by atoms with Crippen molar-refractivity contribution in [1.82, 2.24) is 4.98 Å². The molecule has 110 valence electrons. The quantitative estimate of drug-likeness (QED) is 0.578. The molecule has 21 heavy (non-hydrogen) atoms. The summed E-state index contributed by atoms with van der Waals surface area (Å²) in [6.45, 7) is 0.442. The van der Waals surface area contributed by atoms with Crippen LogP contribution in [0.3, 0.4) is 0 Å². The molecule has 1 aromatic heterocycles. The third-order valence-electron chi connectivity index (χ3n) is 3.11. The predicted octanol–water partition coefficient (Wildman–Crippen LogP) is 3.27. The molecule has 0 saturated heterocycles. The van der Waals surface area contributed by atoms with Crippen LogP contribution in [0.15, 0.2) is 48.7 Å². The molecule has 2 aromatic rings. The highest BCUT2D eigenvalue weighted by molar-refractivity contribution is 5.89. The van der Waals surface area contributed by atoms with Crippen molar-refractivity contribution < 1.29 is 14.3 Å². The Hall–Kier alpha value is -2.36. The van der Waals surface area contributed by atoms with E-state index in [0.29, 0.717) is 18.1 Å². The Morgan fingerprint density at radius 2 is 1.90 bits per heavy atom. The van der Waals surface area contributed by atoms with E-state index in [0.717, 1.165) is 24.8 Å². The Kier molecular flexibility index (Phi) is 5.76. The van der Waals surface area contributed by atoms with E-state index < -0.39 is 0 Å². The molecular weight excluding hydrogens is 266 g/mol. The maximum absolute atomic E-state index is 11.7. The lowest BCUT2D eigenvalue weighted by molar-refractivity contribution is 0.0498. The second-order valence-electron chi connectivity index (χ2n) is 4.67. The zero-order chi connectivity index (χ0) is 14.9. The first-order chi connectivity index (χ1) is 10.3. The largest absolute Gasteiger partial charge is 0.481 e. The van der Waals surface area contributed by atoms with E-state index in [1.54, 1.807) is 19.2 Å². The SMILES string of the molecule is COc1ccc(CCCCOC(=O)c2ccccc2)cn1. The Morgan fingerprint density at radius 1 is 1.10 bits per heavy atom. The van der Waals surface area contributed by atoms with Crippen LogP contribution in [0.25, 0.3) is 0 Å². The summed E-state index contributed by atoms with van der Waals surface area (Å²) in [6.07, 6.45) is 4.52.